The molecule has 0 heterocycles. The first-order valence-corrected chi connectivity index (χ1v) is 7.99. The molecule has 1 aromatic rings. The molecule has 0 saturated carbocycles. The summed E-state index contributed by atoms with van der Waals surface area (Å²) >= 11 is 0. The first-order chi connectivity index (χ1) is 12.5. The van der Waals surface area contributed by atoms with Crippen LogP contribution in [0.25, 0.3) is 0 Å². The van der Waals surface area contributed by atoms with Gasteiger partial charge in [-0.3, -0.25) is 20.4 Å². The molecule has 0 saturated heterocycles. The van der Waals surface area contributed by atoms with Crippen LogP contribution < -0.4 is 26.6 Å². The number of rotatable bonds is 7. The molecule has 1 aromatic carbocycles. The molecule has 5 N–H and O–H groups in total. The highest BCUT2D eigenvalue weighted by Crippen LogP contribution is 2.31. The molecule has 11 heteroatoms. The van der Waals surface area contributed by atoms with E-state index in [0.717, 1.165) is 18.2 Å². The molecule has 0 aliphatic heterocycles. The number of ether oxygens (including phenoxy) is 1. The second-order valence-corrected chi connectivity index (χ2v) is 5.72. The van der Waals surface area contributed by atoms with Gasteiger partial charge in [-0.2, -0.15) is 13.2 Å². The van der Waals surface area contributed by atoms with Crippen LogP contribution in [0.4, 0.5) is 18.0 Å². The molecule has 0 fully saturated rings. The monoisotopic (exact) mass is 390 g/mol. The highest BCUT2D eigenvalue weighted by molar-refractivity contribution is 5.88. The highest BCUT2D eigenvalue weighted by Gasteiger charge is 2.30. The van der Waals surface area contributed by atoms with Gasteiger partial charge in [-0.05, 0) is 24.1 Å². The molecule has 150 valence electrons. The zero-order valence-electron chi connectivity index (χ0n) is 14.7. The predicted octanol–water partition coefficient (Wildman–Crippen LogP) is 1.31. The molecule has 4 amide bonds. The number of nitrogens with one attached hydrogen (secondary N) is 3. The van der Waals surface area contributed by atoms with Crippen LogP contribution in [-0.4, -0.2) is 30.5 Å². The van der Waals surface area contributed by atoms with Crippen molar-refractivity contribution in [1.82, 2.24) is 16.2 Å². The summed E-state index contributed by atoms with van der Waals surface area (Å²) in [6, 6.07) is 2.17. The lowest BCUT2D eigenvalue weighted by Crippen LogP contribution is -2.56. The molecule has 2 atom stereocenters. The number of alkyl halides is 3. The quantitative estimate of drug-likeness (QED) is 0.524. The van der Waals surface area contributed by atoms with Gasteiger partial charge in [0.2, 0.25) is 0 Å². The number of urea groups is 1. The van der Waals surface area contributed by atoms with E-state index in [4.69, 9.17) is 10.5 Å². The van der Waals surface area contributed by atoms with Crippen molar-refractivity contribution in [2.45, 2.75) is 32.5 Å². The van der Waals surface area contributed by atoms with Crippen LogP contribution in [0.3, 0.4) is 0 Å². The third-order valence-corrected chi connectivity index (χ3v) is 3.65. The van der Waals surface area contributed by atoms with E-state index < -0.39 is 42.2 Å². The van der Waals surface area contributed by atoms with Crippen LogP contribution in [0.1, 0.15) is 25.8 Å². The Labute approximate surface area is 153 Å². The Morgan fingerprint density at radius 2 is 1.89 bits per heavy atom. The summed E-state index contributed by atoms with van der Waals surface area (Å²) in [5.74, 6) is -1.91. The third-order valence-electron chi connectivity index (χ3n) is 3.65. The zero-order chi connectivity index (χ0) is 20.6. The summed E-state index contributed by atoms with van der Waals surface area (Å²) in [6.07, 6.45) is -3.97. The van der Waals surface area contributed by atoms with Crippen molar-refractivity contribution in [2.75, 3.05) is 6.61 Å². The fourth-order valence-electron chi connectivity index (χ4n) is 2.01. The topological polar surface area (TPSA) is 123 Å². The molecular formula is C16H21F3N4O4. The fourth-order valence-corrected chi connectivity index (χ4v) is 2.01. The SMILES string of the molecule is CC[C@@H](C)[C@H](NC(N)=O)C(=O)NNC(=O)COc1cccc(C(F)(F)F)c1. The third kappa shape index (κ3) is 7.42. The van der Waals surface area contributed by atoms with Crippen LogP contribution in [0.15, 0.2) is 24.3 Å². The average molecular weight is 390 g/mol. The van der Waals surface area contributed by atoms with E-state index in [1.165, 1.54) is 6.07 Å². The summed E-state index contributed by atoms with van der Waals surface area (Å²) in [4.78, 5) is 34.7. The lowest BCUT2D eigenvalue weighted by atomic mass is 9.99. The van der Waals surface area contributed by atoms with Crippen LogP contribution in [-0.2, 0) is 15.8 Å². The fraction of sp³-hybridized carbons (Fsp3) is 0.438. The van der Waals surface area contributed by atoms with Gasteiger partial charge in [-0.25, -0.2) is 4.79 Å². The minimum atomic E-state index is -4.53. The van der Waals surface area contributed by atoms with Gasteiger partial charge in [0.15, 0.2) is 6.61 Å². The van der Waals surface area contributed by atoms with Gasteiger partial charge >= 0.3 is 12.2 Å². The van der Waals surface area contributed by atoms with Gasteiger partial charge in [-0.1, -0.05) is 26.3 Å². The summed E-state index contributed by atoms with van der Waals surface area (Å²) in [6.45, 7) is 2.88. The number of hydrazine groups is 1. The number of amides is 4. The molecule has 1 rings (SSSR count). The molecule has 0 aliphatic carbocycles. The van der Waals surface area contributed by atoms with Crippen LogP contribution in [0.2, 0.25) is 0 Å². The molecule has 8 nitrogen and oxygen atoms in total. The zero-order valence-corrected chi connectivity index (χ0v) is 14.7. The van der Waals surface area contributed by atoms with Crippen molar-refractivity contribution in [3.63, 3.8) is 0 Å². The van der Waals surface area contributed by atoms with Gasteiger partial charge in [-0.15, -0.1) is 0 Å². The molecule has 0 spiro atoms. The maximum absolute atomic E-state index is 12.6. The van der Waals surface area contributed by atoms with Crippen molar-refractivity contribution in [3.05, 3.63) is 29.8 Å². The van der Waals surface area contributed by atoms with Crippen molar-refractivity contribution in [2.24, 2.45) is 11.7 Å². The van der Waals surface area contributed by atoms with Crippen LogP contribution in [0.5, 0.6) is 5.75 Å². The Kier molecular flexibility index (Phi) is 7.88. The minimum absolute atomic E-state index is 0.154. The molecule has 0 aliphatic rings. The Morgan fingerprint density at radius 1 is 1.22 bits per heavy atom. The largest absolute Gasteiger partial charge is 0.484 e. The van der Waals surface area contributed by atoms with Crippen molar-refractivity contribution in [3.8, 4) is 5.75 Å². The summed E-state index contributed by atoms with van der Waals surface area (Å²) in [7, 11) is 0. The van der Waals surface area contributed by atoms with Crippen LogP contribution >= 0.6 is 0 Å². The summed E-state index contributed by atoms with van der Waals surface area (Å²) in [5, 5.41) is 2.27. The van der Waals surface area contributed by atoms with Gasteiger partial charge < -0.3 is 15.8 Å². The number of primary amides is 1. The maximum atomic E-state index is 12.6. The number of hydrogen-bond acceptors (Lipinski definition) is 4. The number of benzene rings is 1. The van der Waals surface area contributed by atoms with Gasteiger partial charge in [0.05, 0.1) is 5.56 Å². The second kappa shape index (κ2) is 9.64. The number of carbonyl (C=O) groups excluding carboxylic acids is 3. The van der Waals surface area contributed by atoms with E-state index in [2.05, 4.69) is 16.2 Å². The highest BCUT2D eigenvalue weighted by atomic mass is 19.4. The van der Waals surface area contributed by atoms with E-state index in [1.807, 2.05) is 0 Å². The minimum Gasteiger partial charge on any atom is -0.484 e. The van der Waals surface area contributed by atoms with Crippen molar-refractivity contribution >= 4 is 17.8 Å². The van der Waals surface area contributed by atoms with Crippen LogP contribution in [0, 0.1) is 5.92 Å². The Balaban J connectivity index is 2.55. The average Bonchev–Trinajstić information content (AvgIpc) is 2.61. The Morgan fingerprint density at radius 3 is 2.44 bits per heavy atom. The van der Waals surface area contributed by atoms with Crippen molar-refractivity contribution in [1.29, 1.82) is 0 Å². The molecule has 0 radical (unpaired) electrons. The van der Waals surface area contributed by atoms with E-state index in [0.29, 0.717) is 6.42 Å². The van der Waals surface area contributed by atoms with Gasteiger partial charge in [0, 0.05) is 0 Å². The lowest BCUT2D eigenvalue weighted by molar-refractivity contribution is -0.137. The molecule has 27 heavy (non-hydrogen) atoms. The van der Waals surface area contributed by atoms with E-state index in [9.17, 15) is 27.6 Å². The first kappa shape index (κ1) is 22.1. The van der Waals surface area contributed by atoms with E-state index >= 15 is 0 Å². The van der Waals surface area contributed by atoms with E-state index in [1.54, 1.807) is 13.8 Å². The van der Waals surface area contributed by atoms with Crippen molar-refractivity contribution < 1.29 is 32.3 Å². The summed E-state index contributed by atoms with van der Waals surface area (Å²) in [5.41, 5.74) is 8.26. The van der Waals surface area contributed by atoms with Gasteiger partial charge in [0.25, 0.3) is 11.8 Å². The predicted molar refractivity (Wildman–Crippen MR) is 89.2 cm³/mol. The number of nitrogens with two attached hydrogens (primary N) is 1. The van der Waals surface area contributed by atoms with Gasteiger partial charge in [0.1, 0.15) is 11.8 Å². The number of hydrogen-bond donors (Lipinski definition) is 4. The Hall–Kier alpha value is -2.98. The summed E-state index contributed by atoms with van der Waals surface area (Å²) < 4.78 is 42.8. The molecule has 0 unspecified atom stereocenters. The normalized spacial score (nSPS) is 13.2. The lowest BCUT2D eigenvalue weighted by Gasteiger charge is -2.22. The standard InChI is InChI=1S/C16H21F3N4O4/c1-3-9(2)13(21-15(20)26)14(25)23-22-12(24)8-27-11-6-4-5-10(7-11)16(17,18)19/h4-7,9,13H,3,8H2,1-2H3,(H,22,24)(H,23,25)(H3,20,21,26)/t9-,13+/m1/s1. The molecule has 0 bridgehead atoms. The Bertz CT molecular complexity index is 682. The molecular weight excluding hydrogens is 369 g/mol. The number of carbonyl (C=O) groups is 3. The second-order valence-electron chi connectivity index (χ2n) is 5.72. The first-order valence-electron chi connectivity index (χ1n) is 7.99. The number of halogens is 3. The maximum Gasteiger partial charge on any atom is 0.416 e. The van der Waals surface area contributed by atoms with E-state index in [-0.39, 0.29) is 11.7 Å². The smallest absolute Gasteiger partial charge is 0.416 e. The molecule has 0 aromatic heterocycles.